The second kappa shape index (κ2) is 6.41. The van der Waals surface area contributed by atoms with Crippen molar-refractivity contribution in [3.8, 4) is 0 Å². The average molecular weight is 308 g/mol. The zero-order valence-electron chi connectivity index (χ0n) is 11.6. The molecule has 0 radical (unpaired) electrons. The molecule has 0 aromatic carbocycles. The lowest BCUT2D eigenvalue weighted by Gasteiger charge is -2.07. The molecular weight excluding hydrogens is 294 g/mol. The highest BCUT2D eigenvalue weighted by molar-refractivity contribution is 6.29. The number of aryl methyl sites for hydroxylation is 1. The number of nitrogens with zero attached hydrogens (tertiary/aromatic N) is 1. The molecule has 0 aliphatic rings. The number of pyridine rings is 1. The van der Waals surface area contributed by atoms with Crippen molar-refractivity contribution in [1.82, 2.24) is 9.97 Å². The maximum Gasteiger partial charge on any atom is 0.342 e. The molecule has 0 atom stereocenters. The fourth-order valence-corrected chi connectivity index (χ4v) is 1.98. The van der Waals surface area contributed by atoms with Crippen LogP contribution in [0.1, 0.15) is 33.5 Å². The van der Waals surface area contributed by atoms with Crippen LogP contribution >= 0.6 is 11.6 Å². The predicted molar refractivity (Wildman–Crippen MR) is 78.7 cm³/mol. The SMILES string of the molecule is CCOC(=O)c1c(NC(=O)c2cccc(Cl)n2)c[nH]c1C. The zero-order chi connectivity index (χ0) is 15.4. The van der Waals surface area contributed by atoms with Crippen molar-refractivity contribution in [2.24, 2.45) is 0 Å². The van der Waals surface area contributed by atoms with E-state index in [1.807, 2.05) is 0 Å². The fourth-order valence-electron chi connectivity index (χ4n) is 1.81. The van der Waals surface area contributed by atoms with E-state index in [0.29, 0.717) is 16.9 Å². The van der Waals surface area contributed by atoms with E-state index in [1.54, 1.807) is 26.0 Å². The number of aromatic nitrogens is 2. The van der Waals surface area contributed by atoms with Crippen molar-refractivity contribution in [3.63, 3.8) is 0 Å². The highest BCUT2D eigenvalue weighted by Gasteiger charge is 2.20. The molecule has 7 heteroatoms. The van der Waals surface area contributed by atoms with Gasteiger partial charge in [-0.05, 0) is 26.0 Å². The number of esters is 1. The highest BCUT2D eigenvalue weighted by Crippen LogP contribution is 2.21. The number of rotatable bonds is 4. The molecule has 0 aliphatic heterocycles. The largest absolute Gasteiger partial charge is 0.462 e. The highest BCUT2D eigenvalue weighted by atomic mass is 35.5. The summed E-state index contributed by atoms with van der Waals surface area (Å²) < 4.78 is 4.97. The summed E-state index contributed by atoms with van der Waals surface area (Å²) in [5.74, 6) is -0.951. The molecule has 0 fully saturated rings. The number of aromatic amines is 1. The van der Waals surface area contributed by atoms with E-state index in [2.05, 4.69) is 15.3 Å². The molecule has 0 aliphatic carbocycles. The number of ether oxygens (including phenoxy) is 1. The summed E-state index contributed by atoms with van der Waals surface area (Å²) in [6.07, 6.45) is 1.53. The van der Waals surface area contributed by atoms with Crippen molar-refractivity contribution in [2.45, 2.75) is 13.8 Å². The molecule has 2 N–H and O–H groups in total. The minimum Gasteiger partial charge on any atom is -0.462 e. The van der Waals surface area contributed by atoms with Gasteiger partial charge in [0.25, 0.3) is 5.91 Å². The lowest BCUT2D eigenvalue weighted by atomic mass is 10.2. The monoisotopic (exact) mass is 307 g/mol. The standard InChI is InChI=1S/C14H14ClN3O3/c1-3-21-14(20)12-8(2)16-7-10(12)18-13(19)9-5-4-6-11(15)17-9/h4-7,16H,3H2,1-2H3,(H,18,19). The van der Waals surface area contributed by atoms with Crippen LogP contribution in [0, 0.1) is 6.92 Å². The van der Waals surface area contributed by atoms with Gasteiger partial charge in [-0.15, -0.1) is 0 Å². The van der Waals surface area contributed by atoms with Gasteiger partial charge >= 0.3 is 5.97 Å². The molecule has 2 heterocycles. The van der Waals surface area contributed by atoms with Crippen molar-refractivity contribution < 1.29 is 14.3 Å². The average Bonchev–Trinajstić information content (AvgIpc) is 2.80. The summed E-state index contributed by atoms with van der Waals surface area (Å²) >= 11 is 5.75. The van der Waals surface area contributed by atoms with Crippen LogP contribution < -0.4 is 5.32 Å². The number of anilines is 1. The molecule has 2 aromatic heterocycles. The van der Waals surface area contributed by atoms with Crippen LogP contribution in [0.5, 0.6) is 0 Å². The lowest BCUT2D eigenvalue weighted by Crippen LogP contribution is -2.16. The van der Waals surface area contributed by atoms with Gasteiger partial charge in [0.2, 0.25) is 0 Å². The van der Waals surface area contributed by atoms with Crippen LogP contribution in [0.25, 0.3) is 0 Å². The topological polar surface area (TPSA) is 84.1 Å². The minimum absolute atomic E-state index is 0.163. The van der Waals surface area contributed by atoms with Gasteiger partial charge in [0.1, 0.15) is 16.4 Å². The Hall–Kier alpha value is -2.34. The third-order valence-corrected chi connectivity index (χ3v) is 2.96. The predicted octanol–water partition coefficient (Wildman–Crippen LogP) is 2.80. The van der Waals surface area contributed by atoms with Crippen LogP contribution in [-0.2, 0) is 4.74 Å². The van der Waals surface area contributed by atoms with Crippen LogP contribution in [0.4, 0.5) is 5.69 Å². The summed E-state index contributed by atoms with van der Waals surface area (Å²) in [4.78, 5) is 30.8. The Kier molecular flexibility index (Phi) is 4.59. The van der Waals surface area contributed by atoms with E-state index in [0.717, 1.165) is 0 Å². The Labute approximate surface area is 126 Å². The van der Waals surface area contributed by atoms with Crippen molar-refractivity contribution >= 4 is 29.2 Å². The first-order chi connectivity index (χ1) is 10.0. The van der Waals surface area contributed by atoms with Gasteiger partial charge in [-0.25, -0.2) is 9.78 Å². The Morgan fingerprint density at radius 1 is 1.43 bits per heavy atom. The van der Waals surface area contributed by atoms with Crippen LogP contribution in [0.3, 0.4) is 0 Å². The van der Waals surface area contributed by atoms with Gasteiger partial charge in [0, 0.05) is 11.9 Å². The number of amides is 1. The third-order valence-electron chi connectivity index (χ3n) is 2.75. The summed E-state index contributed by atoms with van der Waals surface area (Å²) in [6, 6.07) is 4.73. The molecule has 0 unspecified atom stereocenters. The molecule has 110 valence electrons. The smallest absolute Gasteiger partial charge is 0.342 e. The number of halogens is 1. The second-order valence-corrected chi connectivity index (χ2v) is 4.61. The summed E-state index contributed by atoms with van der Waals surface area (Å²) in [7, 11) is 0. The molecule has 21 heavy (non-hydrogen) atoms. The van der Waals surface area contributed by atoms with Crippen LogP contribution in [0.2, 0.25) is 5.15 Å². The number of hydrogen-bond acceptors (Lipinski definition) is 4. The first-order valence-electron chi connectivity index (χ1n) is 6.32. The summed E-state index contributed by atoms with van der Waals surface area (Å²) in [5.41, 5.74) is 1.42. The van der Waals surface area contributed by atoms with Crippen molar-refractivity contribution in [3.05, 3.63) is 46.5 Å². The number of nitrogens with one attached hydrogen (secondary N) is 2. The normalized spacial score (nSPS) is 10.2. The van der Waals surface area contributed by atoms with Crippen LogP contribution in [-0.4, -0.2) is 28.5 Å². The quantitative estimate of drug-likeness (QED) is 0.672. The Morgan fingerprint density at radius 2 is 2.19 bits per heavy atom. The van der Waals surface area contributed by atoms with E-state index < -0.39 is 11.9 Å². The van der Waals surface area contributed by atoms with E-state index in [-0.39, 0.29) is 17.5 Å². The van der Waals surface area contributed by atoms with E-state index in [4.69, 9.17) is 16.3 Å². The maximum absolute atomic E-state index is 12.1. The molecule has 2 aromatic rings. The number of carbonyl (C=O) groups excluding carboxylic acids is 2. The summed E-state index contributed by atoms with van der Waals surface area (Å²) in [5, 5.41) is 2.84. The van der Waals surface area contributed by atoms with E-state index in [9.17, 15) is 9.59 Å². The minimum atomic E-state index is -0.495. The molecule has 0 saturated carbocycles. The number of H-pyrrole nitrogens is 1. The second-order valence-electron chi connectivity index (χ2n) is 4.22. The van der Waals surface area contributed by atoms with Gasteiger partial charge in [0.05, 0.1) is 12.3 Å². The molecule has 2 rings (SSSR count). The zero-order valence-corrected chi connectivity index (χ0v) is 12.3. The molecule has 0 bridgehead atoms. The Morgan fingerprint density at radius 3 is 2.86 bits per heavy atom. The lowest BCUT2D eigenvalue weighted by molar-refractivity contribution is 0.0527. The first kappa shape index (κ1) is 15.1. The first-order valence-corrected chi connectivity index (χ1v) is 6.69. The van der Waals surface area contributed by atoms with E-state index in [1.165, 1.54) is 12.3 Å². The number of hydrogen-bond donors (Lipinski definition) is 2. The molecule has 0 saturated heterocycles. The molecule has 0 spiro atoms. The van der Waals surface area contributed by atoms with Gasteiger partial charge in [-0.2, -0.15) is 0 Å². The third kappa shape index (κ3) is 3.41. The van der Waals surface area contributed by atoms with Gasteiger partial charge < -0.3 is 15.0 Å². The van der Waals surface area contributed by atoms with Gasteiger partial charge in [-0.1, -0.05) is 17.7 Å². The maximum atomic E-state index is 12.1. The Balaban J connectivity index is 2.24. The Bertz CT molecular complexity index is 682. The molecular formula is C14H14ClN3O3. The molecule has 6 nitrogen and oxygen atoms in total. The van der Waals surface area contributed by atoms with Crippen LogP contribution in [0.15, 0.2) is 24.4 Å². The van der Waals surface area contributed by atoms with Crippen molar-refractivity contribution in [1.29, 1.82) is 0 Å². The fraction of sp³-hybridized carbons (Fsp3) is 0.214. The van der Waals surface area contributed by atoms with E-state index >= 15 is 0 Å². The number of carbonyl (C=O) groups is 2. The van der Waals surface area contributed by atoms with Gasteiger partial charge in [-0.3, -0.25) is 4.79 Å². The van der Waals surface area contributed by atoms with Gasteiger partial charge in [0.15, 0.2) is 0 Å². The molecule has 1 amide bonds. The summed E-state index contributed by atoms with van der Waals surface area (Å²) in [6.45, 7) is 3.69. The van der Waals surface area contributed by atoms with Crippen molar-refractivity contribution in [2.75, 3.05) is 11.9 Å².